The number of carboxylic acids is 1. The number of methoxy groups -OCH3 is 1. The molecule has 1 atom stereocenters. The van der Waals surface area contributed by atoms with Crippen molar-refractivity contribution >= 4 is 24.0 Å². The second-order valence-corrected chi connectivity index (χ2v) is 6.51. The number of nitrogens with zero attached hydrogens (tertiary/aromatic N) is 1. The van der Waals surface area contributed by atoms with Gasteiger partial charge in [-0.25, -0.2) is 14.0 Å². The molecule has 0 spiro atoms. The molecule has 0 bridgehead atoms. The first kappa shape index (κ1) is 20.8. The van der Waals surface area contributed by atoms with Crippen molar-refractivity contribution in [2.24, 2.45) is 0 Å². The third-order valence-corrected chi connectivity index (χ3v) is 4.37. The number of urea groups is 1. The predicted molar refractivity (Wildman–Crippen MR) is 104 cm³/mol. The smallest absolute Gasteiger partial charge is 0.344 e. The summed E-state index contributed by atoms with van der Waals surface area (Å²) in [6.07, 6.45) is 0.400. The Hall–Kier alpha value is -3.88. The summed E-state index contributed by atoms with van der Waals surface area (Å²) in [7, 11) is 1.40. The normalized spacial score (nSPS) is 15.8. The van der Waals surface area contributed by atoms with Gasteiger partial charge in [-0.2, -0.15) is 0 Å². The minimum absolute atomic E-state index is 0.00542. The summed E-state index contributed by atoms with van der Waals surface area (Å²) < 4.78 is 23.6. The number of halogens is 1. The standard InChI is InChI=1S/C21H19FN2O6/c1-12(20(26)27)30-17-8-5-14(10-18(17)29-2)9-16-19(25)24(21(28)23-16)11-13-3-6-15(22)7-4-13/h3-10,12H,11H2,1-2H3,(H,23,28)(H,26,27). The number of hydrogen-bond donors (Lipinski definition) is 2. The number of amides is 3. The van der Waals surface area contributed by atoms with Crippen LogP contribution in [0.15, 0.2) is 48.2 Å². The van der Waals surface area contributed by atoms with E-state index in [2.05, 4.69) is 5.32 Å². The molecule has 1 aliphatic rings. The summed E-state index contributed by atoms with van der Waals surface area (Å²) in [4.78, 5) is 36.8. The molecule has 1 fully saturated rings. The van der Waals surface area contributed by atoms with Crippen LogP contribution in [-0.4, -0.2) is 41.1 Å². The van der Waals surface area contributed by atoms with E-state index in [1.165, 1.54) is 50.4 Å². The molecule has 1 unspecified atom stereocenters. The van der Waals surface area contributed by atoms with Gasteiger partial charge < -0.3 is 19.9 Å². The lowest BCUT2D eigenvalue weighted by Gasteiger charge is -2.14. The highest BCUT2D eigenvalue weighted by molar-refractivity contribution is 6.13. The lowest BCUT2D eigenvalue weighted by molar-refractivity contribution is -0.144. The van der Waals surface area contributed by atoms with E-state index in [1.807, 2.05) is 0 Å². The molecule has 0 aliphatic carbocycles. The number of benzene rings is 2. The number of hydrogen-bond acceptors (Lipinski definition) is 5. The Morgan fingerprint density at radius 2 is 1.90 bits per heavy atom. The van der Waals surface area contributed by atoms with Crippen LogP contribution in [0, 0.1) is 5.82 Å². The van der Waals surface area contributed by atoms with E-state index in [0.29, 0.717) is 11.1 Å². The van der Waals surface area contributed by atoms with E-state index in [1.54, 1.807) is 12.1 Å². The second kappa shape index (κ2) is 8.64. The van der Waals surface area contributed by atoms with Crippen LogP contribution in [0.3, 0.4) is 0 Å². The number of aliphatic carboxylic acids is 1. The van der Waals surface area contributed by atoms with Crippen LogP contribution in [0.1, 0.15) is 18.1 Å². The highest BCUT2D eigenvalue weighted by Crippen LogP contribution is 2.30. The minimum atomic E-state index is -1.12. The minimum Gasteiger partial charge on any atom is -0.493 e. The molecule has 0 aromatic heterocycles. The monoisotopic (exact) mass is 414 g/mol. The fourth-order valence-corrected chi connectivity index (χ4v) is 2.77. The maximum Gasteiger partial charge on any atom is 0.344 e. The van der Waals surface area contributed by atoms with E-state index < -0.39 is 29.8 Å². The van der Waals surface area contributed by atoms with Gasteiger partial charge in [0.05, 0.1) is 13.7 Å². The highest BCUT2D eigenvalue weighted by atomic mass is 19.1. The molecule has 30 heavy (non-hydrogen) atoms. The Kier molecular flexibility index (Phi) is 6.01. The lowest BCUT2D eigenvalue weighted by atomic mass is 10.1. The van der Waals surface area contributed by atoms with Crippen molar-refractivity contribution in [3.8, 4) is 11.5 Å². The van der Waals surface area contributed by atoms with Crippen molar-refractivity contribution in [2.75, 3.05) is 7.11 Å². The van der Waals surface area contributed by atoms with Crippen molar-refractivity contribution in [1.29, 1.82) is 0 Å². The van der Waals surface area contributed by atoms with Gasteiger partial charge in [0.1, 0.15) is 11.5 Å². The molecule has 0 radical (unpaired) electrons. The van der Waals surface area contributed by atoms with Crippen LogP contribution in [-0.2, 0) is 16.1 Å². The summed E-state index contributed by atoms with van der Waals surface area (Å²) in [5.74, 6) is -1.55. The quantitative estimate of drug-likeness (QED) is 0.533. The van der Waals surface area contributed by atoms with Crippen molar-refractivity contribution in [3.63, 3.8) is 0 Å². The number of nitrogens with one attached hydrogen (secondary N) is 1. The third-order valence-electron chi connectivity index (χ3n) is 4.37. The topological polar surface area (TPSA) is 105 Å². The first-order chi connectivity index (χ1) is 14.3. The van der Waals surface area contributed by atoms with Gasteiger partial charge in [-0.15, -0.1) is 0 Å². The van der Waals surface area contributed by atoms with Crippen LogP contribution < -0.4 is 14.8 Å². The largest absolute Gasteiger partial charge is 0.493 e. The van der Waals surface area contributed by atoms with Gasteiger partial charge in [0.15, 0.2) is 17.6 Å². The van der Waals surface area contributed by atoms with Crippen LogP contribution in [0.2, 0.25) is 0 Å². The maximum atomic E-state index is 13.0. The van der Waals surface area contributed by atoms with Crippen molar-refractivity contribution in [2.45, 2.75) is 19.6 Å². The number of carbonyl (C=O) groups excluding carboxylic acids is 2. The maximum absolute atomic E-state index is 13.0. The SMILES string of the molecule is COc1cc(C=C2NC(=O)N(Cc3ccc(F)cc3)C2=O)ccc1OC(C)C(=O)O. The van der Waals surface area contributed by atoms with Gasteiger partial charge in [0.25, 0.3) is 5.91 Å². The van der Waals surface area contributed by atoms with Gasteiger partial charge in [-0.05, 0) is 48.4 Å². The molecule has 8 nitrogen and oxygen atoms in total. The molecule has 1 heterocycles. The van der Waals surface area contributed by atoms with E-state index in [9.17, 15) is 18.8 Å². The summed E-state index contributed by atoms with van der Waals surface area (Å²) in [6, 6.07) is 9.59. The predicted octanol–water partition coefficient (Wildman–Crippen LogP) is 2.78. The molecule has 3 rings (SSSR count). The zero-order valence-electron chi connectivity index (χ0n) is 16.2. The van der Waals surface area contributed by atoms with E-state index in [-0.39, 0.29) is 23.7 Å². The summed E-state index contributed by atoms with van der Waals surface area (Å²) in [6.45, 7) is 1.39. The summed E-state index contributed by atoms with van der Waals surface area (Å²) in [5, 5.41) is 11.5. The fraction of sp³-hybridized carbons (Fsp3) is 0.190. The van der Waals surface area contributed by atoms with E-state index in [4.69, 9.17) is 14.6 Å². The van der Waals surface area contributed by atoms with E-state index >= 15 is 0 Å². The molecule has 1 saturated heterocycles. The molecule has 2 aromatic rings. The molecular formula is C21H19FN2O6. The van der Waals surface area contributed by atoms with Crippen LogP contribution >= 0.6 is 0 Å². The summed E-state index contributed by atoms with van der Waals surface area (Å²) in [5.41, 5.74) is 1.21. The molecule has 0 saturated carbocycles. The molecule has 2 N–H and O–H groups in total. The summed E-state index contributed by atoms with van der Waals surface area (Å²) >= 11 is 0. The second-order valence-electron chi connectivity index (χ2n) is 6.51. The number of carbonyl (C=O) groups is 3. The highest BCUT2D eigenvalue weighted by Gasteiger charge is 2.33. The van der Waals surface area contributed by atoms with Crippen molar-refractivity contribution in [3.05, 3.63) is 65.1 Å². The zero-order chi connectivity index (χ0) is 21.8. The Morgan fingerprint density at radius 1 is 1.20 bits per heavy atom. The van der Waals surface area contributed by atoms with Crippen LogP contribution in [0.25, 0.3) is 6.08 Å². The molecule has 9 heteroatoms. The van der Waals surface area contributed by atoms with Crippen LogP contribution in [0.4, 0.5) is 9.18 Å². The number of imide groups is 1. The van der Waals surface area contributed by atoms with Gasteiger partial charge in [0, 0.05) is 0 Å². The van der Waals surface area contributed by atoms with Crippen molar-refractivity contribution < 1.29 is 33.4 Å². The molecule has 2 aromatic carbocycles. The Balaban J connectivity index is 1.79. The Bertz CT molecular complexity index is 1020. The lowest BCUT2D eigenvalue weighted by Crippen LogP contribution is -2.30. The number of rotatable bonds is 7. The third kappa shape index (κ3) is 4.57. The molecule has 156 valence electrons. The van der Waals surface area contributed by atoms with Gasteiger partial charge in [-0.3, -0.25) is 9.69 Å². The fourth-order valence-electron chi connectivity index (χ4n) is 2.77. The average Bonchev–Trinajstić information content (AvgIpc) is 2.97. The van der Waals surface area contributed by atoms with Crippen LogP contribution in [0.5, 0.6) is 11.5 Å². The van der Waals surface area contributed by atoms with E-state index in [0.717, 1.165) is 4.90 Å². The molecule has 1 aliphatic heterocycles. The number of ether oxygens (including phenoxy) is 2. The van der Waals surface area contributed by atoms with Gasteiger partial charge in [0.2, 0.25) is 0 Å². The first-order valence-electron chi connectivity index (χ1n) is 8.95. The zero-order valence-corrected chi connectivity index (χ0v) is 16.2. The van der Waals surface area contributed by atoms with Gasteiger partial charge in [-0.1, -0.05) is 18.2 Å². The molecular weight excluding hydrogens is 395 g/mol. The molecule has 3 amide bonds. The van der Waals surface area contributed by atoms with Gasteiger partial charge >= 0.3 is 12.0 Å². The number of carboxylic acid groups (broad SMARTS) is 1. The average molecular weight is 414 g/mol. The van der Waals surface area contributed by atoms with Crippen molar-refractivity contribution in [1.82, 2.24) is 10.2 Å². The Morgan fingerprint density at radius 3 is 2.53 bits per heavy atom. The first-order valence-corrected chi connectivity index (χ1v) is 8.95. The Labute approximate surface area is 171 Å².